The number of H-pyrrole nitrogens is 1. The molecule has 0 aliphatic carbocycles. The quantitative estimate of drug-likeness (QED) is 0.585. The van der Waals surface area contributed by atoms with Crippen molar-refractivity contribution in [1.29, 1.82) is 0 Å². The fraction of sp³-hybridized carbons (Fsp3) is 0.389. The van der Waals surface area contributed by atoms with E-state index in [4.69, 9.17) is 4.74 Å². The number of methoxy groups -OCH3 is 1. The Hall–Kier alpha value is -2.12. The number of carbonyl (C=O) groups is 1. The number of thioether (sulfide) groups is 1. The van der Waals surface area contributed by atoms with Gasteiger partial charge in [0.05, 0.1) is 17.6 Å². The van der Waals surface area contributed by atoms with Crippen molar-refractivity contribution in [2.24, 2.45) is 0 Å². The zero-order valence-corrected chi connectivity index (χ0v) is 15.7. The van der Waals surface area contributed by atoms with Crippen LogP contribution in [0.4, 0.5) is 5.69 Å². The molecular formula is C18H23N3O3S. The average Bonchev–Trinajstić information content (AvgIpc) is 2.55. The van der Waals surface area contributed by atoms with Crippen LogP contribution < -0.4 is 10.9 Å². The monoisotopic (exact) mass is 361 g/mol. The number of benzene rings is 1. The van der Waals surface area contributed by atoms with Gasteiger partial charge in [0.25, 0.3) is 5.56 Å². The number of hydrogen-bond acceptors (Lipinski definition) is 5. The molecule has 0 radical (unpaired) electrons. The van der Waals surface area contributed by atoms with Crippen LogP contribution in [0.3, 0.4) is 0 Å². The van der Waals surface area contributed by atoms with E-state index in [-0.39, 0.29) is 23.3 Å². The molecule has 1 heterocycles. The lowest BCUT2D eigenvalue weighted by Crippen LogP contribution is -2.25. The van der Waals surface area contributed by atoms with Gasteiger partial charge in [-0.1, -0.05) is 36.4 Å². The summed E-state index contributed by atoms with van der Waals surface area (Å²) in [4.78, 5) is 31.3. The second kappa shape index (κ2) is 8.82. The summed E-state index contributed by atoms with van der Waals surface area (Å²) in [6.45, 7) is 6.15. The Labute approximate surface area is 151 Å². The van der Waals surface area contributed by atoms with Gasteiger partial charge in [-0.25, -0.2) is 4.98 Å². The van der Waals surface area contributed by atoms with Crippen LogP contribution in [0, 0.1) is 13.8 Å². The van der Waals surface area contributed by atoms with E-state index in [0.717, 1.165) is 16.8 Å². The SMILES string of the molecule is CCC(Sc1nc(COC)cc(=O)[nH]1)C(=O)Nc1ccc(C)cc1C. The molecule has 0 aliphatic heterocycles. The minimum absolute atomic E-state index is 0.112. The van der Waals surface area contributed by atoms with Gasteiger partial charge in [-0.05, 0) is 31.9 Å². The zero-order valence-electron chi connectivity index (χ0n) is 14.9. The van der Waals surface area contributed by atoms with Crippen LogP contribution in [0.25, 0.3) is 0 Å². The molecule has 1 atom stereocenters. The summed E-state index contributed by atoms with van der Waals surface area (Å²) in [6.07, 6.45) is 0.611. The molecule has 0 fully saturated rings. The van der Waals surface area contributed by atoms with Gasteiger partial charge in [0.1, 0.15) is 0 Å². The molecule has 134 valence electrons. The van der Waals surface area contributed by atoms with Crippen molar-refractivity contribution in [3.63, 3.8) is 0 Å². The van der Waals surface area contributed by atoms with Crippen LogP contribution >= 0.6 is 11.8 Å². The lowest BCUT2D eigenvalue weighted by Gasteiger charge is -2.16. The van der Waals surface area contributed by atoms with E-state index in [2.05, 4.69) is 15.3 Å². The largest absolute Gasteiger partial charge is 0.378 e. The molecule has 2 rings (SSSR count). The Morgan fingerprint density at radius 2 is 2.12 bits per heavy atom. The molecule has 1 amide bonds. The number of ether oxygens (including phenoxy) is 1. The van der Waals surface area contributed by atoms with Gasteiger partial charge >= 0.3 is 0 Å². The molecule has 2 aromatic rings. The molecule has 0 bridgehead atoms. The maximum Gasteiger partial charge on any atom is 0.251 e. The van der Waals surface area contributed by atoms with Crippen molar-refractivity contribution in [1.82, 2.24) is 9.97 Å². The van der Waals surface area contributed by atoms with E-state index < -0.39 is 0 Å². The van der Waals surface area contributed by atoms with Gasteiger partial charge in [-0.15, -0.1) is 0 Å². The number of carbonyl (C=O) groups excluding carboxylic acids is 1. The number of hydrogen-bond donors (Lipinski definition) is 2. The fourth-order valence-electron chi connectivity index (χ4n) is 2.39. The topological polar surface area (TPSA) is 84.1 Å². The van der Waals surface area contributed by atoms with Gasteiger partial charge in [-0.3, -0.25) is 9.59 Å². The molecule has 0 saturated heterocycles. The van der Waals surface area contributed by atoms with Crippen LogP contribution in [0.5, 0.6) is 0 Å². The predicted molar refractivity (Wildman–Crippen MR) is 100 cm³/mol. The van der Waals surface area contributed by atoms with Gasteiger partial charge in [-0.2, -0.15) is 0 Å². The van der Waals surface area contributed by atoms with Gasteiger partial charge < -0.3 is 15.0 Å². The molecule has 0 spiro atoms. The van der Waals surface area contributed by atoms with E-state index in [1.807, 2.05) is 39.0 Å². The lowest BCUT2D eigenvalue weighted by atomic mass is 10.1. The molecule has 0 saturated carbocycles. The van der Waals surface area contributed by atoms with Crippen LogP contribution in [-0.4, -0.2) is 28.2 Å². The summed E-state index contributed by atoms with van der Waals surface area (Å²) >= 11 is 1.24. The van der Waals surface area contributed by atoms with Crippen molar-refractivity contribution in [2.75, 3.05) is 12.4 Å². The average molecular weight is 361 g/mol. The maximum atomic E-state index is 12.6. The highest BCUT2D eigenvalue weighted by Crippen LogP contribution is 2.24. The Bertz CT molecular complexity index is 804. The van der Waals surface area contributed by atoms with E-state index >= 15 is 0 Å². The third kappa shape index (κ3) is 5.44. The highest BCUT2D eigenvalue weighted by molar-refractivity contribution is 8.00. The first-order valence-electron chi connectivity index (χ1n) is 8.07. The third-order valence-electron chi connectivity index (χ3n) is 3.62. The van der Waals surface area contributed by atoms with Crippen molar-refractivity contribution in [3.8, 4) is 0 Å². The van der Waals surface area contributed by atoms with E-state index in [0.29, 0.717) is 17.3 Å². The van der Waals surface area contributed by atoms with Gasteiger partial charge in [0.15, 0.2) is 5.16 Å². The summed E-state index contributed by atoms with van der Waals surface area (Å²) in [6, 6.07) is 7.28. The minimum atomic E-state index is -0.360. The molecule has 0 aliphatic rings. The first kappa shape index (κ1) is 19.2. The van der Waals surface area contributed by atoms with E-state index in [1.54, 1.807) is 7.11 Å². The number of nitrogens with zero attached hydrogens (tertiary/aromatic N) is 1. The summed E-state index contributed by atoms with van der Waals surface area (Å²) in [5, 5.41) is 3.02. The molecule has 1 unspecified atom stereocenters. The van der Waals surface area contributed by atoms with Crippen LogP contribution in [-0.2, 0) is 16.1 Å². The van der Waals surface area contributed by atoms with Crippen molar-refractivity contribution in [3.05, 3.63) is 51.4 Å². The van der Waals surface area contributed by atoms with Crippen molar-refractivity contribution in [2.45, 2.75) is 44.2 Å². The second-order valence-electron chi connectivity index (χ2n) is 5.80. The number of amides is 1. The number of aryl methyl sites for hydroxylation is 2. The molecule has 1 aromatic carbocycles. The third-order valence-corrected chi connectivity index (χ3v) is 4.87. The highest BCUT2D eigenvalue weighted by Gasteiger charge is 2.20. The standard InChI is InChI=1S/C18H23N3O3S/c1-5-15(17(23)20-14-7-6-11(2)8-12(14)3)25-18-19-13(10-24-4)9-16(22)21-18/h6-9,15H,5,10H2,1-4H3,(H,20,23)(H,19,21,22). The summed E-state index contributed by atoms with van der Waals surface area (Å²) in [5.74, 6) is -0.112. The Kier molecular flexibility index (Phi) is 6.78. The first-order valence-corrected chi connectivity index (χ1v) is 8.94. The van der Waals surface area contributed by atoms with Gasteiger partial charge in [0.2, 0.25) is 5.91 Å². The predicted octanol–water partition coefficient (Wildman–Crippen LogP) is 3.04. The summed E-state index contributed by atoms with van der Waals surface area (Å²) in [7, 11) is 1.54. The van der Waals surface area contributed by atoms with Crippen LogP contribution in [0.1, 0.15) is 30.2 Å². The summed E-state index contributed by atoms with van der Waals surface area (Å²) < 4.78 is 5.01. The number of nitrogens with one attached hydrogen (secondary N) is 2. The Morgan fingerprint density at radius 1 is 1.36 bits per heavy atom. The second-order valence-corrected chi connectivity index (χ2v) is 6.99. The maximum absolute atomic E-state index is 12.6. The lowest BCUT2D eigenvalue weighted by molar-refractivity contribution is -0.115. The number of rotatable bonds is 7. The van der Waals surface area contributed by atoms with Crippen molar-refractivity contribution < 1.29 is 9.53 Å². The normalized spacial score (nSPS) is 12.0. The zero-order chi connectivity index (χ0) is 18.4. The molecule has 6 nitrogen and oxygen atoms in total. The summed E-state index contributed by atoms with van der Waals surface area (Å²) in [5.41, 5.74) is 3.24. The molecule has 7 heteroatoms. The first-order chi connectivity index (χ1) is 11.9. The fourth-order valence-corrected chi connectivity index (χ4v) is 3.32. The van der Waals surface area contributed by atoms with Crippen molar-refractivity contribution >= 4 is 23.4 Å². The number of aromatic amines is 1. The van der Waals surface area contributed by atoms with E-state index in [1.165, 1.54) is 17.8 Å². The Morgan fingerprint density at radius 3 is 2.76 bits per heavy atom. The Balaban J connectivity index is 2.13. The molecule has 1 aromatic heterocycles. The minimum Gasteiger partial charge on any atom is -0.378 e. The highest BCUT2D eigenvalue weighted by atomic mass is 32.2. The number of anilines is 1. The molecule has 25 heavy (non-hydrogen) atoms. The van der Waals surface area contributed by atoms with Crippen LogP contribution in [0.2, 0.25) is 0 Å². The molecular weight excluding hydrogens is 338 g/mol. The van der Waals surface area contributed by atoms with E-state index in [9.17, 15) is 9.59 Å². The number of aromatic nitrogens is 2. The smallest absolute Gasteiger partial charge is 0.251 e. The van der Waals surface area contributed by atoms with Gasteiger partial charge in [0, 0.05) is 18.9 Å². The molecule has 2 N–H and O–H groups in total. The van der Waals surface area contributed by atoms with Crippen LogP contribution in [0.15, 0.2) is 34.2 Å².